The summed E-state index contributed by atoms with van der Waals surface area (Å²) in [4.78, 5) is 23.4. The summed E-state index contributed by atoms with van der Waals surface area (Å²) in [6.07, 6.45) is 12.3. The Kier molecular flexibility index (Phi) is 14.5. The second kappa shape index (κ2) is 16.7. The van der Waals surface area contributed by atoms with Crippen LogP contribution < -0.4 is 4.74 Å². The third-order valence-electron chi connectivity index (χ3n) is 4.97. The van der Waals surface area contributed by atoms with Crippen molar-refractivity contribution in [2.24, 2.45) is 0 Å². The van der Waals surface area contributed by atoms with E-state index in [1.807, 2.05) is 24.3 Å². The highest BCUT2D eigenvalue weighted by Gasteiger charge is 2.18. The summed E-state index contributed by atoms with van der Waals surface area (Å²) in [6, 6.07) is 7.44. The normalized spacial score (nSPS) is 11.7. The lowest BCUT2D eigenvalue weighted by molar-refractivity contribution is -0.165. The van der Waals surface area contributed by atoms with E-state index in [0.717, 1.165) is 24.3 Å². The van der Waals surface area contributed by atoms with Gasteiger partial charge in [0.2, 0.25) is 0 Å². The molecule has 0 amide bonds. The minimum Gasteiger partial charge on any atom is -0.494 e. The number of unbranched alkanes of at least 4 members (excludes halogenated alkanes) is 9. The third kappa shape index (κ3) is 12.5. The molecule has 1 atom stereocenters. The van der Waals surface area contributed by atoms with Gasteiger partial charge in [-0.2, -0.15) is 0 Å². The number of benzene rings is 1. The van der Waals surface area contributed by atoms with Crippen molar-refractivity contribution in [3.8, 4) is 5.75 Å². The van der Waals surface area contributed by atoms with Gasteiger partial charge < -0.3 is 14.2 Å². The molecule has 1 unspecified atom stereocenters. The van der Waals surface area contributed by atoms with Crippen molar-refractivity contribution < 1.29 is 23.8 Å². The van der Waals surface area contributed by atoms with Gasteiger partial charge in [-0.05, 0) is 38.0 Å². The average Bonchev–Trinajstić information content (AvgIpc) is 2.73. The molecular formula is C25H40O5. The predicted molar refractivity (Wildman–Crippen MR) is 120 cm³/mol. The minimum absolute atomic E-state index is 0.114. The summed E-state index contributed by atoms with van der Waals surface area (Å²) in [7, 11) is 0. The number of hydrogen-bond donors (Lipinski definition) is 0. The molecule has 1 aromatic rings. The van der Waals surface area contributed by atoms with Gasteiger partial charge in [0.25, 0.3) is 0 Å². The van der Waals surface area contributed by atoms with Crippen LogP contribution in [-0.4, -0.2) is 31.3 Å². The summed E-state index contributed by atoms with van der Waals surface area (Å²) in [5.74, 6) is -0.168. The Morgan fingerprint density at radius 3 is 1.97 bits per heavy atom. The van der Waals surface area contributed by atoms with Crippen LogP contribution in [0.1, 0.15) is 90.5 Å². The molecule has 30 heavy (non-hydrogen) atoms. The van der Waals surface area contributed by atoms with Gasteiger partial charge in [0.05, 0.1) is 19.6 Å². The summed E-state index contributed by atoms with van der Waals surface area (Å²) >= 11 is 0. The van der Waals surface area contributed by atoms with Crippen LogP contribution in [-0.2, 0) is 25.5 Å². The molecule has 170 valence electrons. The summed E-state index contributed by atoms with van der Waals surface area (Å²) in [5.41, 5.74) is 0.822. The molecule has 0 radical (unpaired) electrons. The SMILES string of the molecule is CCCCCCCCCCCCOc1ccc(CC(=O)OC(C)C(=O)OCC)cc1. The first-order chi connectivity index (χ1) is 14.6. The molecule has 5 nitrogen and oxygen atoms in total. The molecule has 1 aromatic carbocycles. The highest BCUT2D eigenvalue weighted by molar-refractivity contribution is 5.80. The van der Waals surface area contributed by atoms with E-state index in [9.17, 15) is 9.59 Å². The maximum absolute atomic E-state index is 11.9. The fourth-order valence-corrected chi connectivity index (χ4v) is 3.20. The van der Waals surface area contributed by atoms with Crippen LogP contribution in [0.5, 0.6) is 5.75 Å². The number of rotatable bonds is 17. The highest BCUT2D eigenvalue weighted by Crippen LogP contribution is 2.15. The van der Waals surface area contributed by atoms with Crippen LogP contribution in [0.25, 0.3) is 0 Å². The monoisotopic (exact) mass is 420 g/mol. The summed E-state index contributed by atoms with van der Waals surface area (Å²) in [6.45, 7) is 6.47. The fraction of sp³-hybridized carbons (Fsp3) is 0.680. The zero-order chi connectivity index (χ0) is 22.0. The van der Waals surface area contributed by atoms with E-state index in [-0.39, 0.29) is 13.0 Å². The maximum atomic E-state index is 11.9. The van der Waals surface area contributed by atoms with Crippen LogP contribution >= 0.6 is 0 Å². The molecule has 1 rings (SSSR count). The zero-order valence-corrected chi connectivity index (χ0v) is 19.1. The van der Waals surface area contributed by atoms with E-state index in [0.29, 0.717) is 0 Å². The first-order valence-electron chi connectivity index (χ1n) is 11.6. The molecule has 0 spiro atoms. The van der Waals surface area contributed by atoms with Crippen LogP contribution in [0.2, 0.25) is 0 Å². The van der Waals surface area contributed by atoms with Gasteiger partial charge >= 0.3 is 11.9 Å². The summed E-state index contributed by atoms with van der Waals surface area (Å²) < 4.78 is 15.7. The standard InChI is InChI=1S/C25H40O5/c1-4-6-7-8-9-10-11-12-13-14-19-29-23-17-15-22(16-18-23)20-24(26)30-21(3)25(27)28-5-2/h15-18,21H,4-14,19-20H2,1-3H3. The average molecular weight is 421 g/mol. The Bertz CT molecular complexity index is 582. The van der Waals surface area contributed by atoms with Crippen molar-refractivity contribution in [1.29, 1.82) is 0 Å². The molecule has 0 bridgehead atoms. The van der Waals surface area contributed by atoms with Gasteiger partial charge in [-0.3, -0.25) is 4.79 Å². The first-order valence-corrected chi connectivity index (χ1v) is 11.6. The largest absolute Gasteiger partial charge is 0.494 e. The minimum atomic E-state index is -0.888. The lowest BCUT2D eigenvalue weighted by Gasteiger charge is -2.12. The highest BCUT2D eigenvalue weighted by atomic mass is 16.6. The maximum Gasteiger partial charge on any atom is 0.347 e. The predicted octanol–water partition coefficient (Wildman–Crippen LogP) is 6.02. The zero-order valence-electron chi connectivity index (χ0n) is 19.1. The quantitative estimate of drug-likeness (QED) is 0.228. The van der Waals surface area contributed by atoms with E-state index in [4.69, 9.17) is 14.2 Å². The van der Waals surface area contributed by atoms with Crippen molar-refractivity contribution in [2.45, 2.75) is 97.5 Å². The second-order valence-electron chi connectivity index (χ2n) is 7.74. The molecular weight excluding hydrogens is 380 g/mol. The van der Waals surface area contributed by atoms with Crippen molar-refractivity contribution in [2.75, 3.05) is 13.2 Å². The molecule has 0 saturated carbocycles. The molecule has 5 heteroatoms. The van der Waals surface area contributed by atoms with E-state index in [2.05, 4.69) is 6.92 Å². The van der Waals surface area contributed by atoms with Gasteiger partial charge in [0.15, 0.2) is 6.10 Å². The number of ether oxygens (including phenoxy) is 3. The smallest absolute Gasteiger partial charge is 0.347 e. The molecule has 0 aliphatic carbocycles. The number of carbonyl (C=O) groups excluding carboxylic acids is 2. The fourth-order valence-electron chi connectivity index (χ4n) is 3.20. The first kappa shape index (κ1) is 26.0. The summed E-state index contributed by atoms with van der Waals surface area (Å²) in [5, 5.41) is 0. The third-order valence-corrected chi connectivity index (χ3v) is 4.97. The van der Waals surface area contributed by atoms with Crippen LogP contribution in [0.15, 0.2) is 24.3 Å². The Morgan fingerprint density at radius 1 is 0.833 bits per heavy atom. The molecule has 0 saturated heterocycles. The van der Waals surface area contributed by atoms with Gasteiger partial charge in [-0.25, -0.2) is 4.79 Å². The van der Waals surface area contributed by atoms with Gasteiger partial charge in [-0.15, -0.1) is 0 Å². The van der Waals surface area contributed by atoms with Gasteiger partial charge in [0.1, 0.15) is 5.75 Å². The molecule has 0 N–H and O–H groups in total. The molecule has 0 heterocycles. The Balaban J connectivity index is 2.12. The van der Waals surface area contributed by atoms with E-state index in [1.54, 1.807) is 6.92 Å². The van der Waals surface area contributed by atoms with Crippen LogP contribution in [0.4, 0.5) is 0 Å². The Morgan fingerprint density at radius 2 is 1.40 bits per heavy atom. The molecule has 0 aliphatic heterocycles. The van der Waals surface area contributed by atoms with Crippen LogP contribution in [0.3, 0.4) is 0 Å². The van der Waals surface area contributed by atoms with Crippen molar-refractivity contribution in [1.82, 2.24) is 0 Å². The molecule has 0 aliphatic rings. The molecule has 0 aromatic heterocycles. The van der Waals surface area contributed by atoms with Gasteiger partial charge in [0, 0.05) is 0 Å². The van der Waals surface area contributed by atoms with Crippen LogP contribution in [0, 0.1) is 0 Å². The van der Waals surface area contributed by atoms with E-state index < -0.39 is 18.0 Å². The lowest BCUT2D eigenvalue weighted by Crippen LogP contribution is -2.27. The lowest BCUT2D eigenvalue weighted by atomic mass is 10.1. The second-order valence-corrected chi connectivity index (χ2v) is 7.74. The Hall–Kier alpha value is -2.04. The Labute approximate surface area is 182 Å². The number of hydrogen-bond acceptors (Lipinski definition) is 5. The van der Waals surface area contributed by atoms with Crippen molar-refractivity contribution in [3.05, 3.63) is 29.8 Å². The van der Waals surface area contributed by atoms with Gasteiger partial charge in [-0.1, -0.05) is 76.8 Å². The number of carbonyl (C=O) groups is 2. The molecule has 0 fully saturated rings. The van der Waals surface area contributed by atoms with E-state index in [1.165, 1.54) is 64.7 Å². The van der Waals surface area contributed by atoms with Crippen molar-refractivity contribution in [3.63, 3.8) is 0 Å². The topological polar surface area (TPSA) is 61.8 Å². The van der Waals surface area contributed by atoms with Crippen molar-refractivity contribution >= 4 is 11.9 Å². The number of esters is 2. The van der Waals surface area contributed by atoms with E-state index >= 15 is 0 Å².